The lowest BCUT2D eigenvalue weighted by Gasteiger charge is -2.19. The lowest BCUT2D eigenvalue weighted by atomic mass is 10.0. The van der Waals surface area contributed by atoms with Gasteiger partial charge in [-0.2, -0.15) is 4.98 Å². The molecule has 2 aliphatic carbocycles. The van der Waals surface area contributed by atoms with Crippen molar-refractivity contribution in [1.29, 1.82) is 0 Å². The summed E-state index contributed by atoms with van der Waals surface area (Å²) >= 11 is 0. The minimum atomic E-state index is -0.477. The molecule has 0 radical (unpaired) electrons. The van der Waals surface area contributed by atoms with Gasteiger partial charge in [0.05, 0.1) is 25.5 Å². The largest absolute Gasteiger partial charge is 0.490 e. The van der Waals surface area contributed by atoms with Crippen LogP contribution in [0.15, 0.2) is 64.5 Å². The van der Waals surface area contributed by atoms with Crippen LogP contribution in [0.3, 0.4) is 0 Å². The molecule has 0 aliphatic heterocycles. The molecule has 1 N–H and O–H groups in total. The summed E-state index contributed by atoms with van der Waals surface area (Å²) in [5, 5.41) is 3.08. The first-order chi connectivity index (χ1) is 12.6. The number of nitrogens with one attached hydrogen (secondary N) is 1. The van der Waals surface area contributed by atoms with E-state index in [1.807, 2.05) is 37.3 Å². The van der Waals surface area contributed by atoms with E-state index in [1.54, 1.807) is 16.8 Å². The number of aromatic nitrogens is 2. The van der Waals surface area contributed by atoms with Crippen LogP contribution in [0, 0.1) is 11.8 Å². The van der Waals surface area contributed by atoms with Crippen molar-refractivity contribution in [2.24, 2.45) is 11.8 Å². The van der Waals surface area contributed by atoms with Crippen LogP contribution in [0.1, 0.15) is 18.9 Å². The summed E-state index contributed by atoms with van der Waals surface area (Å²) in [7, 11) is 1.43. The second kappa shape index (κ2) is 6.44. The first-order valence-electron chi connectivity index (χ1n) is 8.61. The number of anilines is 1. The molecule has 0 amide bonds. The molecule has 0 bridgehead atoms. The highest BCUT2D eigenvalue weighted by Gasteiger charge is 2.45. The molecule has 1 aromatic carbocycles. The lowest BCUT2D eigenvalue weighted by molar-refractivity contribution is 0.402. The van der Waals surface area contributed by atoms with Crippen molar-refractivity contribution in [3.63, 3.8) is 0 Å². The van der Waals surface area contributed by atoms with Gasteiger partial charge in [-0.05, 0) is 30.9 Å². The monoisotopic (exact) mass is 353 g/mol. The summed E-state index contributed by atoms with van der Waals surface area (Å²) in [4.78, 5) is 16.2. The predicted molar refractivity (Wildman–Crippen MR) is 97.7 cm³/mol. The van der Waals surface area contributed by atoms with Crippen LogP contribution in [-0.2, 0) is 6.54 Å². The van der Waals surface area contributed by atoms with Crippen molar-refractivity contribution >= 4 is 5.95 Å². The van der Waals surface area contributed by atoms with Gasteiger partial charge in [0.2, 0.25) is 11.7 Å². The lowest BCUT2D eigenvalue weighted by Crippen LogP contribution is -2.21. The van der Waals surface area contributed by atoms with Crippen LogP contribution in [0.25, 0.3) is 0 Å². The average molecular weight is 353 g/mol. The van der Waals surface area contributed by atoms with Gasteiger partial charge in [0.15, 0.2) is 0 Å². The van der Waals surface area contributed by atoms with Gasteiger partial charge < -0.3 is 14.6 Å². The Bertz CT molecular complexity index is 963. The molecule has 1 saturated carbocycles. The van der Waals surface area contributed by atoms with Crippen LogP contribution < -0.4 is 15.6 Å². The summed E-state index contributed by atoms with van der Waals surface area (Å²) in [5.41, 5.74) is 2.15. The minimum absolute atomic E-state index is 0.143. The van der Waals surface area contributed by atoms with Crippen molar-refractivity contribution in [3.05, 3.63) is 75.6 Å². The molecule has 1 fully saturated rings. The maximum absolute atomic E-state index is 14.5. The van der Waals surface area contributed by atoms with E-state index in [1.165, 1.54) is 7.11 Å². The number of benzene rings is 1. The summed E-state index contributed by atoms with van der Waals surface area (Å²) in [6.07, 6.45) is 4.11. The normalized spacial score (nSPS) is 21.1. The Hall–Kier alpha value is -2.89. The van der Waals surface area contributed by atoms with Crippen molar-refractivity contribution in [1.82, 2.24) is 9.55 Å². The van der Waals surface area contributed by atoms with Gasteiger partial charge in [0, 0.05) is 5.92 Å². The van der Waals surface area contributed by atoms with Crippen molar-refractivity contribution in [2.45, 2.75) is 19.9 Å². The third kappa shape index (κ3) is 3.03. The minimum Gasteiger partial charge on any atom is -0.490 e. The smallest absolute Gasteiger partial charge is 0.316 e. The predicted octanol–water partition coefficient (Wildman–Crippen LogP) is 3.49. The number of rotatable bonds is 5. The zero-order chi connectivity index (χ0) is 18.3. The second-order valence-corrected chi connectivity index (χ2v) is 6.78. The number of methoxy groups -OCH3 is 1. The fourth-order valence-electron chi connectivity index (χ4n) is 3.47. The molecule has 1 aromatic heterocycles. The summed E-state index contributed by atoms with van der Waals surface area (Å²) in [6.45, 7) is 2.45. The molecule has 2 unspecified atom stereocenters. The molecule has 4 rings (SSSR count). The first kappa shape index (κ1) is 16.6. The van der Waals surface area contributed by atoms with Gasteiger partial charge >= 0.3 is 5.56 Å². The molecule has 2 aliphatic rings. The van der Waals surface area contributed by atoms with Gasteiger partial charge in [-0.1, -0.05) is 35.9 Å². The fourth-order valence-corrected chi connectivity index (χ4v) is 3.47. The number of halogens is 1. The van der Waals surface area contributed by atoms with E-state index in [0.29, 0.717) is 24.1 Å². The Morgan fingerprint density at radius 2 is 2.08 bits per heavy atom. The van der Waals surface area contributed by atoms with Crippen LogP contribution in [0.2, 0.25) is 0 Å². The van der Waals surface area contributed by atoms with E-state index in [9.17, 15) is 9.18 Å². The number of allylic oxidation sites excluding steroid dienone is 4. The molecule has 0 saturated heterocycles. The average Bonchev–Trinajstić information content (AvgIpc) is 3.42. The number of ether oxygens (including phenoxy) is 1. The van der Waals surface area contributed by atoms with E-state index < -0.39 is 5.56 Å². The fraction of sp³-hybridized carbons (Fsp3) is 0.300. The summed E-state index contributed by atoms with van der Waals surface area (Å²) in [6, 6.07) is 9.80. The number of hydrogen-bond acceptors (Lipinski definition) is 4. The Morgan fingerprint density at radius 1 is 1.31 bits per heavy atom. The molecular weight excluding hydrogens is 333 g/mol. The van der Waals surface area contributed by atoms with E-state index >= 15 is 0 Å². The Balaban J connectivity index is 1.72. The van der Waals surface area contributed by atoms with Crippen LogP contribution in [0.4, 0.5) is 10.3 Å². The van der Waals surface area contributed by atoms with E-state index in [2.05, 4.69) is 10.3 Å². The SMILES string of the molecule is COc1cn(Cc2ccccc2)c(NC2=C(F)C=C(C)C3CC23)nc1=O. The molecule has 1 heterocycles. The first-order valence-corrected chi connectivity index (χ1v) is 8.61. The summed E-state index contributed by atoms with van der Waals surface area (Å²) < 4.78 is 21.4. The van der Waals surface area contributed by atoms with Crippen molar-refractivity contribution in [2.75, 3.05) is 12.4 Å². The number of fused-ring (bicyclic) bond motifs is 1. The topological polar surface area (TPSA) is 56.1 Å². The summed E-state index contributed by atoms with van der Waals surface area (Å²) in [5.74, 6) is 0.735. The highest BCUT2D eigenvalue weighted by Crippen LogP contribution is 2.52. The van der Waals surface area contributed by atoms with Gasteiger partial charge in [-0.15, -0.1) is 0 Å². The van der Waals surface area contributed by atoms with Crippen molar-refractivity contribution < 1.29 is 9.13 Å². The molecular formula is C20H20FN3O2. The highest BCUT2D eigenvalue weighted by atomic mass is 19.1. The second-order valence-electron chi connectivity index (χ2n) is 6.78. The highest BCUT2D eigenvalue weighted by molar-refractivity contribution is 5.48. The molecule has 2 atom stereocenters. The van der Waals surface area contributed by atoms with Crippen LogP contribution in [0.5, 0.6) is 5.75 Å². The van der Waals surface area contributed by atoms with Gasteiger partial charge in [-0.25, -0.2) is 4.39 Å². The Kier molecular flexibility index (Phi) is 4.11. The third-order valence-electron chi connectivity index (χ3n) is 4.98. The molecule has 6 heteroatoms. The maximum atomic E-state index is 14.5. The molecule has 26 heavy (non-hydrogen) atoms. The van der Waals surface area contributed by atoms with E-state index in [4.69, 9.17) is 4.74 Å². The van der Waals surface area contributed by atoms with E-state index in [0.717, 1.165) is 17.6 Å². The van der Waals surface area contributed by atoms with Gasteiger partial charge in [0.1, 0.15) is 5.83 Å². The number of nitrogens with zero attached hydrogens (tertiary/aromatic N) is 2. The zero-order valence-electron chi connectivity index (χ0n) is 14.7. The molecule has 134 valence electrons. The molecule has 2 aromatic rings. The molecule has 5 nitrogen and oxygen atoms in total. The quantitative estimate of drug-likeness (QED) is 0.894. The molecule has 0 spiro atoms. The van der Waals surface area contributed by atoms with Gasteiger partial charge in [0.25, 0.3) is 0 Å². The number of hydrogen-bond donors (Lipinski definition) is 1. The van der Waals surface area contributed by atoms with Crippen LogP contribution in [-0.4, -0.2) is 16.7 Å². The Morgan fingerprint density at radius 3 is 2.81 bits per heavy atom. The maximum Gasteiger partial charge on any atom is 0.316 e. The standard InChI is InChI=1S/C20H20FN3O2/c1-12-8-16(21)18(15-9-14(12)15)22-20-23-19(25)17(26-2)11-24(20)10-13-6-4-3-5-7-13/h3-8,11,14-15H,9-10H2,1-2H3,(H,22,23,25). The van der Waals surface area contributed by atoms with Gasteiger partial charge in [-0.3, -0.25) is 4.79 Å². The van der Waals surface area contributed by atoms with Crippen molar-refractivity contribution in [3.8, 4) is 5.75 Å². The zero-order valence-corrected chi connectivity index (χ0v) is 14.7. The van der Waals surface area contributed by atoms with Crippen LogP contribution >= 0.6 is 0 Å². The Labute approximate surface area is 150 Å². The van der Waals surface area contributed by atoms with E-state index in [-0.39, 0.29) is 17.5 Å². The third-order valence-corrected chi connectivity index (χ3v) is 4.98.